The van der Waals surface area contributed by atoms with Crippen LogP contribution in [0.4, 0.5) is 9.18 Å². The van der Waals surface area contributed by atoms with Crippen molar-refractivity contribution >= 4 is 6.03 Å². The van der Waals surface area contributed by atoms with E-state index in [-0.39, 0.29) is 24.0 Å². The number of rotatable bonds is 4. The van der Waals surface area contributed by atoms with Crippen LogP contribution in [0.3, 0.4) is 0 Å². The Labute approximate surface area is 165 Å². The standard InChI is InChI=1S/C23H27FN2O2/c24-20-10-8-19(9-11-20)22(21-7-4-16-28-21)25-23(27)26-14-12-18(13-15-26)17-5-2-1-3-6-17/h1-3,5-6,8-11,18,21-22H,4,7,12-16H2,(H,25,27). The van der Waals surface area contributed by atoms with E-state index in [1.54, 1.807) is 12.1 Å². The van der Waals surface area contributed by atoms with Crippen LogP contribution in [0.2, 0.25) is 0 Å². The van der Waals surface area contributed by atoms with Gasteiger partial charge in [-0.25, -0.2) is 9.18 Å². The summed E-state index contributed by atoms with van der Waals surface area (Å²) in [7, 11) is 0. The Morgan fingerprint density at radius 2 is 1.75 bits per heavy atom. The van der Waals surface area contributed by atoms with Gasteiger partial charge < -0.3 is 15.0 Å². The van der Waals surface area contributed by atoms with E-state index >= 15 is 0 Å². The zero-order chi connectivity index (χ0) is 19.3. The summed E-state index contributed by atoms with van der Waals surface area (Å²) in [6.07, 6.45) is 3.77. The van der Waals surface area contributed by atoms with Crippen LogP contribution in [0.25, 0.3) is 0 Å². The number of likely N-dealkylation sites (tertiary alicyclic amines) is 1. The van der Waals surface area contributed by atoms with Crippen molar-refractivity contribution < 1.29 is 13.9 Å². The third kappa shape index (κ3) is 4.36. The lowest BCUT2D eigenvalue weighted by molar-refractivity contribution is 0.0771. The number of hydrogen-bond donors (Lipinski definition) is 1. The van der Waals surface area contributed by atoms with Crippen LogP contribution in [0.1, 0.15) is 48.8 Å². The molecule has 0 bridgehead atoms. The highest BCUT2D eigenvalue weighted by Gasteiger charge is 2.31. The number of halogens is 1. The summed E-state index contributed by atoms with van der Waals surface area (Å²) in [5, 5.41) is 3.16. The van der Waals surface area contributed by atoms with Gasteiger partial charge >= 0.3 is 6.03 Å². The Morgan fingerprint density at radius 1 is 1.04 bits per heavy atom. The zero-order valence-electron chi connectivity index (χ0n) is 16.0. The first-order valence-electron chi connectivity index (χ1n) is 10.2. The van der Waals surface area contributed by atoms with Gasteiger partial charge in [0.15, 0.2) is 0 Å². The number of benzene rings is 2. The molecule has 2 aromatic carbocycles. The molecule has 0 spiro atoms. The SMILES string of the molecule is O=C(NC(c1ccc(F)cc1)C1CCCO1)N1CCC(c2ccccc2)CC1. The van der Waals surface area contributed by atoms with Gasteiger partial charge in [-0.15, -0.1) is 0 Å². The van der Waals surface area contributed by atoms with E-state index in [1.165, 1.54) is 17.7 Å². The lowest BCUT2D eigenvalue weighted by Crippen LogP contribution is -2.47. The fourth-order valence-electron chi connectivity index (χ4n) is 4.29. The van der Waals surface area contributed by atoms with Crippen molar-refractivity contribution in [1.29, 1.82) is 0 Å². The molecule has 2 heterocycles. The molecule has 2 fully saturated rings. The second kappa shape index (κ2) is 8.74. The molecule has 4 nitrogen and oxygen atoms in total. The molecule has 2 aromatic rings. The molecule has 2 unspecified atom stereocenters. The van der Waals surface area contributed by atoms with Crippen molar-refractivity contribution in [3.63, 3.8) is 0 Å². The number of hydrogen-bond acceptors (Lipinski definition) is 2. The lowest BCUT2D eigenvalue weighted by atomic mass is 9.89. The predicted octanol–water partition coefficient (Wildman–Crippen LogP) is 4.64. The monoisotopic (exact) mass is 382 g/mol. The van der Waals surface area contributed by atoms with Gasteiger partial charge in [-0.1, -0.05) is 42.5 Å². The van der Waals surface area contributed by atoms with Crippen LogP contribution >= 0.6 is 0 Å². The first-order valence-corrected chi connectivity index (χ1v) is 10.2. The Morgan fingerprint density at radius 3 is 2.39 bits per heavy atom. The van der Waals surface area contributed by atoms with Crippen molar-refractivity contribution in [2.45, 2.75) is 43.7 Å². The number of carbonyl (C=O) groups excluding carboxylic acids is 1. The van der Waals surface area contributed by atoms with E-state index in [0.717, 1.165) is 44.3 Å². The maximum absolute atomic E-state index is 13.3. The van der Waals surface area contributed by atoms with Crippen molar-refractivity contribution in [3.05, 3.63) is 71.5 Å². The maximum atomic E-state index is 13.3. The van der Waals surface area contributed by atoms with Gasteiger partial charge in [-0.3, -0.25) is 0 Å². The van der Waals surface area contributed by atoms with Gasteiger partial charge in [0.25, 0.3) is 0 Å². The number of nitrogens with zero attached hydrogens (tertiary/aromatic N) is 1. The third-order valence-corrected chi connectivity index (χ3v) is 5.90. The van der Waals surface area contributed by atoms with Crippen LogP contribution in [0.5, 0.6) is 0 Å². The quantitative estimate of drug-likeness (QED) is 0.837. The summed E-state index contributed by atoms with van der Waals surface area (Å²) in [4.78, 5) is 14.8. The molecule has 2 saturated heterocycles. The van der Waals surface area contributed by atoms with Crippen molar-refractivity contribution in [2.75, 3.05) is 19.7 Å². The highest BCUT2D eigenvalue weighted by atomic mass is 19.1. The van der Waals surface area contributed by atoms with E-state index in [0.29, 0.717) is 12.5 Å². The maximum Gasteiger partial charge on any atom is 0.317 e. The summed E-state index contributed by atoms with van der Waals surface area (Å²) in [6, 6.07) is 16.6. The Kier molecular flexibility index (Phi) is 5.91. The van der Waals surface area contributed by atoms with Crippen molar-refractivity contribution in [2.24, 2.45) is 0 Å². The summed E-state index contributed by atoms with van der Waals surface area (Å²) in [5.74, 6) is 0.237. The van der Waals surface area contributed by atoms with E-state index in [9.17, 15) is 9.18 Å². The summed E-state index contributed by atoms with van der Waals surface area (Å²) < 4.78 is 19.2. The van der Waals surface area contributed by atoms with Crippen LogP contribution in [0, 0.1) is 5.82 Å². The molecule has 0 saturated carbocycles. The highest BCUT2D eigenvalue weighted by Crippen LogP contribution is 2.30. The second-order valence-electron chi connectivity index (χ2n) is 7.70. The zero-order valence-corrected chi connectivity index (χ0v) is 16.0. The molecule has 5 heteroatoms. The van der Waals surface area contributed by atoms with Crippen molar-refractivity contribution in [1.82, 2.24) is 10.2 Å². The minimum absolute atomic E-state index is 0.0589. The summed E-state index contributed by atoms with van der Waals surface area (Å²) in [6.45, 7) is 2.20. The Hall–Kier alpha value is -2.40. The van der Waals surface area contributed by atoms with Gasteiger partial charge in [0, 0.05) is 19.7 Å². The van der Waals surface area contributed by atoms with Gasteiger partial charge in [0.1, 0.15) is 5.82 Å². The fraction of sp³-hybridized carbons (Fsp3) is 0.435. The highest BCUT2D eigenvalue weighted by molar-refractivity contribution is 5.75. The minimum atomic E-state index is -0.274. The van der Waals surface area contributed by atoms with Gasteiger partial charge in [-0.05, 0) is 54.9 Å². The van der Waals surface area contributed by atoms with Crippen LogP contribution < -0.4 is 5.32 Å². The fourth-order valence-corrected chi connectivity index (χ4v) is 4.29. The smallest absolute Gasteiger partial charge is 0.317 e. The van der Waals surface area contributed by atoms with Gasteiger partial charge in [-0.2, -0.15) is 0 Å². The predicted molar refractivity (Wildman–Crippen MR) is 107 cm³/mol. The van der Waals surface area contributed by atoms with E-state index in [1.807, 2.05) is 11.0 Å². The average molecular weight is 382 g/mol. The molecular formula is C23H27FN2O2. The number of carbonyl (C=O) groups is 1. The van der Waals surface area contributed by atoms with Crippen LogP contribution in [0.15, 0.2) is 54.6 Å². The van der Waals surface area contributed by atoms with E-state index < -0.39 is 0 Å². The van der Waals surface area contributed by atoms with Crippen LogP contribution in [-0.2, 0) is 4.74 Å². The Balaban J connectivity index is 1.40. The average Bonchev–Trinajstić information content (AvgIpc) is 3.28. The number of nitrogens with one attached hydrogen (secondary N) is 1. The second-order valence-corrected chi connectivity index (χ2v) is 7.70. The number of piperidine rings is 1. The molecule has 28 heavy (non-hydrogen) atoms. The largest absolute Gasteiger partial charge is 0.376 e. The molecule has 1 N–H and O–H groups in total. The Bertz CT molecular complexity index is 767. The molecule has 0 radical (unpaired) electrons. The normalized spacial score (nSPS) is 21.5. The molecule has 2 aliphatic heterocycles. The molecule has 0 aliphatic carbocycles. The van der Waals surface area contributed by atoms with Gasteiger partial charge in [0.05, 0.1) is 12.1 Å². The third-order valence-electron chi connectivity index (χ3n) is 5.90. The van der Waals surface area contributed by atoms with E-state index in [4.69, 9.17) is 4.74 Å². The topological polar surface area (TPSA) is 41.6 Å². The van der Waals surface area contributed by atoms with Gasteiger partial charge in [0.2, 0.25) is 0 Å². The molecular weight excluding hydrogens is 355 g/mol. The first-order chi connectivity index (χ1) is 13.7. The molecule has 148 valence electrons. The number of amides is 2. The van der Waals surface area contributed by atoms with Crippen LogP contribution in [-0.4, -0.2) is 36.7 Å². The lowest BCUT2D eigenvalue weighted by Gasteiger charge is -2.34. The molecule has 2 amide bonds. The van der Waals surface area contributed by atoms with Crippen molar-refractivity contribution in [3.8, 4) is 0 Å². The molecule has 0 aromatic heterocycles. The number of ether oxygens (including phenoxy) is 1. The number of urea groups is 1. The first kappa shape index (κ1) is 18.9. The summed E-state index contributed by atoms with van der Waals surface area (Å²) in [5.41, 5.74) is 2.24. The summed E-state index contributed by atoms with van der Waals surface area (Å²) >= 11 is 0. The minimum Gasteiger partial charge on any atom is -0.376 e. The molecule has 2 atom stereocenters. The van der Waals surface area contributed by atoms with E-state index in [2.05, 4.69) is 29.6 Å². The molecule has 2 aliphatic rings. The molecule has 4 rings (SSSR count).